The van der Waals surface area contributed by atoms with Crippen molar-refractivity contribution in [3.8, 4) is 0 Å². The standard InChI is InChI=1S/C17H35NOSi/c1-5-7-14-20(3,4)19-15-17(18,13-6-2)16-11-9-8-10-12-16/h6,16H,2,5,7-15,18H2,1,3-4H3. The number of unbranched alkanes of at least 4 members (excludes halogenated alkanes) is 1. The molecule has 1 aliphatic carbocycles. The molecule has 118 valence electrons. The second-order valence-corrected chi connectivity index (χ2v) is 11.5. The molecule has 0 amide bonds. The topological polar surface area (TPSA) is 35.2 Å². The Morgan fingerprint density at radius 2 is 1.95 bits per heavy atom. The Bertz CT molecular complexity index is 287. The molecule has 3 heteroatoms. The molecule has 1 aliphatic rings. The highest BCUT2D eigenvalue weighted by molar-refractivity contribution is 6.71. The maximum absolute atomic E-state index is 6.75. The zero-order valence-corrected chi connectivity index (χ0v) is 14.9. The van der Waals surface area contributed by atoms with Gasteiger partial charge in [0.25, 0.3) is 0 Å². The first-order chi connectivity index (χ1) is 9.43. The smallest absolute Gasteiger partial charge is 0.186 e. The van der Waals surface area contributed by atoms with Crippen molar-refractivity contribution in [3.63, 3.8) is 0 Å². The van der Waals surface area contributed by atoms with Crippen LogP contribution in [-0.2, 0) is 4.43 Å². The molecule has 0 spiro atoms. The van der Waals surface area contributed by atoms with Crippen LogP contribution in [0.5, 0.6) is 0 Å². The van der Waals surface area contributed by atoms with E-state index in [0.29, 0.717) is 5.92 Å². The van der Waals surface area contributed by atoms with Crippen LogP contribution in [0.1, 0.15) is 58.3 Å². The third kappa shape index (κ3) is 5.70. The zero-order chi connectivity index (χ0) is 15.1. The molecule has 0 aromatic heterocycles. The lowest BCUT2D eigenvalue weighted by Gasteiger charge is -2.41. The highest BCUT2D eigenvalue weighted by atomic mass is 28.4. The minimum atomic E-state index is -1.54. The molecule has 1 unspecified atom stereocenters. The van der Waals surface area contributed by atoms with E-state index in [1.807, 2.05) is 6.08 Å². The van der Waals surface area contributed by atoms with Gasteiger partial charge in [-0.25, -0.2) is 0 Å². The molecule has 0 radical (unpaired) electrons. The molecule has 1 rings (SSSR count). The van der Waals surface area contributed by atoms with Crippen LogP contribution in [0.2, 0.25) is 19.1 Å². The molecular weight excluding hydrogens is 262 g/mol. The molecule has 0 aromatic carbocycles. The molecule has 0 aromatic rings. The highest BCUT2D eigenvalue weighted by Crippen LogP contribution is 2.34. The predicted molar refractivity (Wildman–Crippen MR) is 91.5 cm³/mol. The van der Waals surface area contributed by atoms with Crippen molar-refractivity contribution in [2.24, 2.45) is 11.7 Å². The van der Waals surface area contributed by atoms with E-state index in [9.17, 15) is 0 Å². The van der Waals surface area contributed by atoms with E-state index < -0.39 is 8.32 Å². The predicted octanol–water partition coefficient (Wildman–Crippen LogP) is 4.86. The quantitative estimate of drug-likeness (QED) is 0.487. The molecule has 0 heterocycles. The van der Waals surface area contributed by atoms with E-state index in [1.54, 1.807) is 0 Å². The van der Waals surface area contributed by atoms with Crippen molar-refractivity contribution in [1.29, 1.82) is 0 Å². The third-order valence-electron chi connectivity index (χ3n) is 4.81. The summed E-state index contributed by atoms with van der Waals surface area (Å²) < 4.78 is 6.37. The fraction of sp³-hybridized carbons (Fsp3) is 0.882. The van der Waals surface area contributed by atoms with Crippen molar-refractivity contribution < 1.29 is 4.43 Å². The lowest BCUT2D eigenvalue weighted by Crippen LogP contribution is -2.53. The summed E-state index contributed by atoms with van der Waals surface area (Å²) in [6, 6.07) is 1.25. The van der Waals surface area contributed by atoms with Gasteiger partial charge in [0, 0.05) is 5.54 Å². The first-order valence-corrected chi connectivity index (χ1v) is 11.6. The number of nitrogens with two attached hydrogens (primary N) is 1. The van der Waals surface area contributed by atoms with Crippen LogP contribution in [0.25, 0.3) is 0 Å². The summed E-state index contributed by atoms with van der Waals surface area (Å²) >= 11 is 0. The molecule has 1 atom stereocenters. The van der Waals surface area contributed by atoms with Crippen LogP contribution in [0, 0.1) is 5.92 Å². The minimum Gasteiger partial charge on any atom is -0.415 e. The largest absolute Gasteiger partial charge is 0.415 e. The first kappa shape index (κ1) is 17.9. The summed E-state index contributed by atoms with van der Waals surface area (Å²) in [6.07, 6.45) is 12.0. The molecule has 0 saturated heterocycles. The van der Waals surface area contributed by atoms with E-state index in [4.69, 9.17) is 10.2 Å². The van der Waals surface area contributed by atoms with Crippen LogP contribution >= 0.6 is 0 Å². The van der Waals surface area contributed by atoms with E-state index in [-0.39, 0.29) is 5.54 Å². The molecule has 0 aliphatic heterocycles. The summed E-state index contributed by atoms with van der Waals surface area (Å²) in [5.41, 5.74) is 6.56. The maximum atomic E-state index is 6.75. The Labute approximate surface area is 127 Å². The number of hydrogen-bond acceptors (Lipinski definition) is 2. The van der Waals surface area contributed by atoms with Crippen LogP contribution < -0.4 is 5.73 Å². The average Bonchev–Trinajstić information content (AvgIpc) is 2.45. The minimum absolute atomic E-state index is 0.182. The van der Waals surface area contributed by atoms with Crippen LogP contribution in [0.15, 0.2) is 12.7 Å². The normalized spacial score (nSPS) is 20.6. The van der Waals surface area contributed by atoms with Gasteiger partial charge in [-0.05, 0) is 44.3 Å². The molecule has 0 bridgehead atoms. The van der Waals surface area contributed by atoms with Gasteiger partial charge in [-0.15, -0.1) is 6.58 Å². The Balaban J connectivity index is 2.58. The van der Waals surface area contributed by atoms with E-state index in [2.05, 4.69) is 26.6 Å². The van der Waals surface area contributed by atoms with Crippen molar-refractivity contribution in [1.82, 2.24) is 0 Å². The molecule has 1 saturated carbocycles. The van der Waals surface area contributed by atoms with Gasteiger partial charge in [0.1, 0.15) is 0 Å². The van der Waals surface area contributed by atoms with Crippen LogP contribution in [0.4, 0.5) is 0 Å². The summed E-state index contributed by atoms with van der Waals surface area (Å²) in [6.45, 7) is 11.5. The van der Waals surface area contributed by atoms with Crippen LogP contribution in [-0.4, -0.2) is 20.5 Å². The summed E-state index contributed by atoms with van der Waals surface area (Å²) in [5, 5.41) is 0. The SMILES string of the molecule is C=CCC(N)(CO[Si](C)(C)CCCC)C1CCCCC1. The van der Waals surface area contributed by atoms with E-state index >= 15 is 0 Å². The maximum Gasteiger partial charge on any atom is 0.186 e. The van der Waals surface area contributed by atoms with E-state index in [1.165, 1.54) is 51.0 Å². The monoisotopic (exact) mass is 297 g/mol. The van der Waals surface area contributed by atoms with Crippen LogP contribution in [0.3, 0.4) is 0 Å². The Kier molecular flexibility index (Phi) is 7.49. The number of rotatable bonds is 9. The molecular formula is C17H35NOSi. The Morgan fingerprint density at radius 1 is 1.30 bits per heavy atom. The van der Waals surface area contributed by atoms with Crippen molar-refractivity contribution in [3.05, 3.63) is 12.7 Å². The summed E-state index contributed by atoms with van der Waals surface area (Å²) in [5.74, 6) is 0.616. The van der Waals surface area contributed by atoms with Gasteiger partial charge in [0.15, 0.2) is 8.32 Å². The van der Waals surface area contributed by atoms with Crippen molar-refractivity contribution in [2.45, 2.75) is 83.0 Å². The Hall–Kier alpha value is -0.123. The molecule has 1 fully saturated rings. The third-order valence-corrected chi connectivity index (χ3v) is 7.29. The van der Waals surface area contributed by atoms with Gasteiger partial charge >= 0.3 is 0 Å². The van der Waals surface area contributed by atoms with Gasteiger partial charge in [-0.3, -0.25) is 0 Å². The molecule has 20 heavy (non-hydrogen) atoms. The summed E-state index contributed by atoms with van der Waals surface area (Å²) in [4.78, 5) is 0. The van der Waals surface area contributed by atoms with Gasteiger partial charge in [0.2, 0.25) is 0 Å². The van der Waals surface area contributed by atoms with Gasteiger partial charge in [-0.2, -0.15) is 0 Å². The van der Waals surface area contributed by atoms with E-state index in [0.717, 1.165) is 13.0 Å². The lowest BCUT2D eigenvalue weighted by molar-refractivity contribution is 0.124. The number of hydrogen-bond donors (Lipinski definition) is 1. The Morgan fingerprint density at radius 3 is 2.50 bits per heavy atom. The molecule has 2 N–H and O–H groups in total. The van der Waals surface area contributed by atoms with Gasteiger partial charge in [-0.1, -0.05) is 45.1 Å². The second kappa shape index (κ2) is 8.35. The summed E-state index contributed by atoms with van der Waals surface area (Å²) in [7, 11) is -1.54. The van der Waals surface area contributed by atoms with Gasteiger partial charge < -0.3 is 10.2 Å². The van der Waals surface area contributed by atoms with Crippen molar-refractivity contribution in [2.75, 3.05) is 6.61 Å². The average molecular weight is 298 g/mol. The van der Waals surface area contributed by atoms with Gasteiger partial charge in [0.05, 0.1) is 6.61 Å². The zero-order valence-electron chi connectivity index (χ0n) is 13.9. The fourth-order valence-corrected chi connectivity index (χ4v) is 5.30. The van der Waals surface area contributed by atoms with Crippen molar-refractivity contribution >= 4 is 8.32 Å². The lowest BCUT2D eigenvalue weighted by atomic mass is 9.74. The first-order valence-electron chi connectivity index (χ1n) is 8.47. The highest BCUT2D eigenvalue weighted by Gasteiger charge is 2.36. The second-order valence-electron chi connectivity index (χ2n) is 7.21. The fourth-order valence-electron chi connectivity index (χ4n) is 3.29. The molecule has 2 nitrogen and oxygen atoms in total.